The lowest BCUT2D eigenvalue weighted by molar-refractivity contribution is -0.134. The zero-order valence-corrected chi connectivity index (χ0v) is 14.1. The molecular formula is C21H25NO2. The second-order valence-electron chi connectivity index (χ2n) is 6.48. The monoisotopic (exact) mass is 323 g/mol. The third-order valence-corrected chi connectivity index (χ3v) is 4.59. The van der Waals surface area contributed by atoms with Crippen LogP contribution >= 0.6 is 0 Å². The summed E-state index contributed by atoms with van der Waals surface area (Å²) in [6.07, 6.45) is 2.62. The van der Waals surface area contributed by atoms with Crippen LogP contribution in [0.15, 0.2) is 60.7 Å². The normalized spacial score (nSPS) is 15.2. The van der Waals surface area contributed by atoms with Crippen molar-refractivity contribution < 1.29 is 9.53 Å². The van der Waals surface area contributed by atoms with Crippen molar-refractivity contribution in [3.63, 3.8) is 0 Å². The van der Waals surface area contributed by atoms with Crippen LogP contribution in [-0.2, 0) is 22.6 Å². The Morgan fingerprint density at radius 3 is 1.88 bits per heavy atom. The molecule has 0 radical (unpaired) electrons. The average molecular weight is 323 g/mol. The molecule has 0 aliphatic carbocycles. The molecular weight excluding hydrogens is 298 g/mol. The van der Waals surface area contributed by atoms with E-state index in [0.717, 1.165) is 26.1 Å². The van der Waals surface area contributed by atoms with Crippen LogP contribution in [0.1, 0.15) is 30.4 Å². The maximum absolute atomic E-state index is 12.9. The van der Waals surface area contributed by atoms with Gasteiger partial charge in [-0.1, -0.05) is 60.7 Å². The van der Waals surface area contributed by atoms with Crippen LogP contribution in [0.4, 0.5) is 0 Å². The fraction of sp³-hybridized carbons (Fsp3) is 0.381. The molecule has 0 aromatic heterocycles. The molecule has 1 saturated heterocycles. The Balaban J connectivity index is 1.69. The Kier molecular flexibility index (Phi) is 6.02. The largest absolute Gasteiger partial charge is 0.381 e. The maximum atomic E-state index is 12.9. The maximum Gasteiger partial charge on any atom is 0.223 e. The molecule has 3 heteroatoms. The smallest absolute Gasteiger partial charge is 0.223 e. The van der Waals surface area contributed by atoms with Gasteiger partial charge in [-0.05, 0) is 29.9 Å². The van der Waals surface area contributed by atoms with Crippen molar-refractivity contribution >= 4 is 5.91 Å². The number of ether oxygens (including phenoxy) is 1. The van der Waals surface area contributed by atoms with Crippen LogP contribution in [0.2, 0.25) is 0 Å². The lowest BCUT2D eigenvalue weighted by atomic mass is 9.95. The number of benzene rings is 2. The second kappa shape index (κ2) is 8.65. The highest BCUT2D eigenvalue weighted by molar-refractivity contribution is 5.76. The Morgan fingerprint density at radius 1 is 0.875 bits per heavy atom. The molecule has 2 aromatic carbocycles. The van der Waals surface area contributed by atoms with E-state index in [1.54, 1.807) is 0 Å². The lowest BCUT2D eigenvalue weighted by Gasteiger charge is -2.27. The van der Waals surface area contributed by atoms with E-state index in [2.05, 4.69) is 24.3 Å². The fourth-order valence-corrected chi connectivity index (χ4v) is 3.17. The summed E-state index contributed by atoms with van der Waals surface area (Å²) in [4.78, 5) is 14.9. The molecule has 3 rings (SSSR count). The van der Waals surface area contributed by atoms with Crippen LogP contribution in [0.3, 0.4) is 0 Å². The standard InChI is InChI=1S/C21H25NO2/c23-21(15-18-11-13-24-14-12-18)22(16-19-7-3-1-4-8-19)17-20-9-5-2-6-10-20/h1-10,18H,11-17H2. The van der Waals surface area contributed by atoms with E-state index in [-0.39, 0.29) is 5.91 Å². The highest BCUT2D eigenvalue weighted by Gasteiger charge is 2.21. The van der Waals surface area contributed by atoms with E-state index in [1.165, 1.54) is 11.1 Å². The Bertz CT molecular complexity index is 579. The number of hydrogen-bond acceptors (Lipinski definition) is 2. The molecule has 0 spiro atoms. The van der Waals surface area contributed by atoms with Crippen LogP contribution in [0, 0.1) is 5.92 Å². The SMILES string of the molecule is O=C(CC1CCOCC1)N(Cc1ccccc1)Cc1ccccc1. The summed E-state index contributed by atoms with van der Waals surface area (Å²) >= 11 is 0. The first-order valence-corrected chi connectivity index (χ1v) is 8.74. The lowest BCUT2D eigenvalue weighted by Crippen LogP contribution is -2.32. The van der Waals surface area contributed by atoms with Gasteiger partial charge >= 0.3 is 0 Å². The predicted molar refractivity (Wildman–Crippen MR) is 95.3 cm³/mol. The quantitative estimate of drug-likeness (QED) is 0.803. The van der Waals surface area contributed by atoms with Gasteiger partial charge in [0.2, 0.25) is 5.91 Å². The minimum absolute atomic E-state index is 0.245. The van der Waals surface area contributed by atoms with Gasteiger partial charge in [-0.15, -0.1) is 0 Å². The molecule has 126 valence electrons. The third kappa shape index (κ3) is 4.93. The molecule has 0 saturated carbocycles. The summed E-state index contributed by atoms with van der Waals surface area (Å²) in [5.74, 6) is 0.704. The first-order chi connectivity index (χ1) is 11.8. The minimum Gasteiger partial charge on any atom is -0.381 e. The molecule has 1 heterocycles. The second-order valence-corrected chi connectivity index (χ2v) is 6.48. The van der Waals surface area contributed by atoms with E-state index < -0.39 is 0 Å². The van der Waals surface area contributed by atoms with Crippen molar-refractivity contribution in [1.82, 2.24) is 4.90 Å². The summed E-state index contributed by atoms with van der Waals surface area (Å²) in [6.45, 7) is 2.90. The molecule has 0 unspecified atom stereocenters. The van der Waals surface area contributed by atoms with Gasteiger partial charge < -0.3 is 9.64 Å². The molecule has 0 N–H and O–H groups in total. The van der Waals surface area contributed by atoms with E-state index >= 15 is 0 Å². The van der Waals surface area contributed by atoms with E-state index in [4.69, 9.17) is 4.74 Å². The van der Waals surface area contributed by atoms with Gasteiger partial charge in [0.25, 0.3) is 0 Å². The molecule has 1 fully saturated rings. The minimum atomic E-state index is 0.245. The number of amides is 1. The highest BCUT2D eigenvalue weighted by atomic mass is 16.5. The highest BCUT2D eigenvalue weighted by Crippen LogP contribution is 2.21. The summed E-state index contributed by atoms with van der Waals surface area (Å²) in [7, 11) is 0. The van der Waals surface area contributed by atoms with Crippen molar-refractivity contribution in [2.75, 3.05) is 13.2 Å². The fourth-order valence-electron chi connectivity index (χ4n) is 3.17. The molecule has 3 nitrogen and oxygen atoms in total. The number of rotatable bonds is 6. The van der Waals surface area contributed by atoms with Crippen LogP contribution < -0.4 is 0 Å². The van der Waals surface area contributed by atoms with E-state index in [1.807, 2.05) is 41.3 Å². The third-order valence-electron chi connectivity index (χ3n) is 4.59. The average Bonchev–Trinajstić information content (AvgIpc) is 2.64. The number of nitrogens with zero attached hydrogens (tertiary/aromatic N) is 1. The Labute approximate surface area is 144 Å². The van der Waals surface area contributed by atoms with Gasteiger partial charge in [0.1, 0.15) is 0 Å². The van der Waals surface area contributed by atoms with Crippen molar-refractivity contribution in [2.45, 2.75) is 32.4 Å². The first-order valence-electron chi connectivity index (χ1n) is 8.74. The van der Waals surface area contributed by atoms with Gasteiger partial charge in [0.05, 0.1) is 0 Å². The molecule has 0 atom stereocenters. The number of carbonyl (C=O) groups is 1. The van der Waals surface area contributed by atoms with Gasteiger partial charge in [-0.25, -0.2) is 0 Å². The molecule has 24 heavy (non-hydrogen) atoms. The summed E-state index contributed by atoms with van der Waals surface area (Å²) in [5.41, 5.74) is 2.35. The molecule has 1 aliphatic rings. The number of carbonyl (C=O) groups excluding carboxylic acids is 1. The van der Waals surface area contributed by atoms with Crippen molar-refractivity contribution in [3.8, 4) is 0 Å². The van der Waals surface area contributed by atoms with Crippen LogP contribution in [-0.4, -0.2) is 24.0 Å². The Hall–Kier alpha value is -2.13. The van der Waals surface area contributed by atoms with Crippen molar-refractivity contribution in [2.24, 2.45) is 5.92 Å². The van der Waals surface area contributed by atoms with Crippen LogP contribution in [0.25, 0.3) is 0 Å². The Morgan fingerprint density at radius 2 is 1.38 bits per heavy atom. The van der Waals surface area contributed by atoms with E-state index in [0.29, 0.717) is 25.4 Å². The predicted octanol–water partition coefficient (Wildman–Crippen LogP) is 4.03. The summed E-state index contributed by atoms with van der Waals surface area (Å²) in [6, 6.07) is 20.5. The molecule has 2 aromatic rings. The summed E-state index contributed by atoms with van der Waals surface area (Å²) in [5, 5.41) is 0. The molecule has 1 amide bonds. The zero-order valence-electron chi connectivity index (χ0n) is 14.1. The van der Waals surface area contributed by atoms with Gasteiger partial charge in [-0.3, -0.25) is 4.79 Å². The van der Waals surface area contributed by atoms with Gasteiger partial charge in [0, 0.05) is 32.7 Å². The number of hydrogen-bond donors (Lipinski definition) is 0. The first kappa shape index (κ1) is 16.7. The topological polar surface area (TPSA) is 29.5 Å². The van der Waals surface area contributed by atoms with Crippen molar-refractivity contribution in [3.05, 3.63) is 71.8 Å². The van der Waals surface area contributed by atoms with Crippen molar-refractivity contribution in [1.29, 1.82) is 0 Å². The molecule has 0 bridgehead atoms. The van der Waals surface area contributed by atoms with Gasteiger partial charge in [-0.2, -0.15) is 0 Å². The van der Waals surface area contributed by atoms with Crippen LogP contribution in [0.5, 0.6) is 0 Å². The zero-order chi connectivity index (χ0) is 16.6. The van der Waals surface area contributed by atoms with Gasteiger partial charge in [0.15, 0.2) is 0 Å². The summed E-state index contributed by atoms with van der Waals surface area (Å²) < 4.78 is 5.41. The molecule has 1 aliphatic heterocycles. The van der Waals surface area contributed by atoms with E-state index in [9.17, 15) is 4.79 Å².